The maximum atomic E-state index is 13.2. The lowest BCUT2D eigenvalue weighted by molar-refractivity contribution is 0.101. The number of aryl methyl sites for hydroxylation is 1. The molecule has 2 rings (SSSR count). The zero-order chi connectivity index (χ0) is 13.3. The second-order valence-corrected chi connectivity index (χ2v) is 4.35. The summed E-state index contributed by atoms with van der Waals surface area (Å²) in [7, 11) is 0. The van der Waals surface area contributed by atoms with Gasteiger partial charge >= 0.3 is 0 Å². The number of nitrogens with zero attached hydrogens (tertiary/aromatic N) is 2. The van der Waals surface area contributed by atoms with Crippen molar-refractivity contribution in [3.63, 3.8) is 0 Å². The summed E-state index contributed by atoms with van der Waals surface area (Å²) in [5.74, 6) is -0.280. The van der Waals surface area contributed by atoms with Crippen molar-refractivity contribution in [2.75, 3.05) is 5.73 Å². The fourth-order valence-corrected chi connectivity index (χ4v) is 2.03. The van der Waals surface area contributed by atoms with Crippen LogP contribution in [0.4, 0.5) is 10.2 Å². The molecule has 94 valence electrons. The zero-order valence-corrected chi connectivity index (χ0v) is 10.2. The molecule has 2 aromatic rings. The number of pyridine rings is 2. The molecule has 0 aliphatic rings. The van der Waals surface area contributed by atoms with Gasteiger partial charge in [0.05, 0.1) is 6.20 Å². The molecule has 0 fully saturated rings. The molecule has 1 unspecified atom stereocenters. The largest absolute Gasteiger partial charge is 0.383 e. The highest BCUT2D eigenvalue weighted by Gasteiger charge is 2.30. The van der Waals surface area contributed by atoms with Crippen LogP contribution in [0.1, 0.15) is 23.6 Å². The normalized spacial score (nSPS) is 14.2. The van der Waals surface area contributed by atoms with E-state index in [1.54, 1.807) is 19.2 Å². The third-order valence-electron chi connectivity index (χ3n) is 2.94. The van der Waals surface area contributed by atoms with Crippen molar-refractivity contribution >= 4 is 5.82 Å². The number of nitrogen functional groups attached to an aromatic ring is 1. The topological polar surface area (TPSA) is 72.0 Å². The summed E-state index contributed by atoms with van der Waals surface area (Å²) in [6.45, 7) is 3.36. The van der Waals surface area contributed by atoms with Gasteiger partial charge in [-0.3, -0.25) is 4.98 Å². The summed E-state index contributed by atoms with van der Waals surface area (Å²) >= 11 is 0. The molecule has 5 heteroatoms. The van der Waals surface area contributed by atoms with E-state index in [0.717, 1.165) is 11.8 Å². The van der Waals surface area contributed by atoms with Gasteiger partial charge in [0.1, 0.15) is 17.2 Å². The summed E-state index contributed by atoms with van der Waals surface area (Å²) in [6, 6.07) is 2.98. The van der Waals surface area contributed by atoms with Gasteiger partial charge in [0.25, 0.3) is 0 Å². The maximum Gasteiger partial charge on any atom is 0.141 e. The second-order valence-electron chi connectivity index (χ2n) is 4.35. The van der Waals surface area contributed by atoms with E-state index in [-0.39, 0.29) is 5.82 Å². The van der Waals surface area contributed by atoms with Crippen LogP contribution in [-0.2, 0) is 5.60 Å². The van der Waals surface area contributed by atoms with Crippen molar-refractivity contribution in [1.29, 1.82) is 0 Å². The number of hydrogen-bond acceptors (Lipinski definition) is 4. The van der Waals surface area contributed by atoms with Crippen molar-refractivity contribution in [1.82, 2.24) is 9.97 Å². The summed E-state index contributed by atoms with van der Waals surface area (Å²) in [5, 5.41) is 10.6. The monoisotopic (exact) mass is 247 g/mol. The van der Waals surface area contributed by atoms with Gasteiger partial charge in [-0.15, -0.1) is 0 Å². The molecule has 0 aliphatic heterocycles. The number of rotatable bonds is 2. The lowest BCUT2D eigenvalue weighted by Crippen LogP contribution is -2.26. The Hall–Kier alpha value is -2.01. The molecule has 0 aliphatic carbocycles. The Morgan fingerprint density at radius 2 is 2.11 bits per heavy atom. The average Bonchev–Trinajstić information content (AvgIpc) is 2.28. The molecule has 0 aromatic carbocycles. The molecule has 0 radical (unpaired) electrons. The predicted molar refractivity (Wildman–Crippen MR) is 66.3 cm³/mol. The van der Waals surface area contributed by atoms with E-state index < -0.39 is 11.4 Å². The quantitative estimate of drug-likeness (QED) is 0.848. The summed E-state index contributed by atoms with van der Waals surface area (Å²) in [5.41, 5.74) is 5.96. The Bertz CT molecular complexity index is 564. The van der Waals surface area contributed by atoms with Crippen molar-refractivity contribution in [3.8, 4) is 0 Å². The molecular formula is C13H14FN3O. The van der Waals surface area contributed by atoms with Crippen LogP contribution in [0.2, 0.25) is 0 Å². The Morgan fingerprint density at radius 1 is 1.39 bits per heavy atom. The SMILES string of the molecule is Cc1ccnc(N)c1C(C)(O)c1cncc(F)c1. The molecule has 4 nitrogen and oxygen atoms in total. The number of nitrogens with two attached hydrogens (primary N) is 1. The molecule has 1 atom stereocenters. The number of halogens is 1. The Morgan fingerprint density at radius 3 is 2.72 bits per heavy atom. The molecule has 0 saturated heterocycles. The fraction of sp³-hybridized carbons (Fsp3) is 0.231. The Kier molecular flexibility index (Phi) is 3.00. The first-order valence-corrected chi connectivity index (χ1v) is 5.48. The fourth-order valence-electron chi connectivity index (χ4n) is 2.03. The average molecular weight is 247 g/mol. The van der Waals surface area contributed by atoms with Crippen molar-refractivity contribution < 1.29 is 9.50 Å². The smallest absolute Gasteiger partial charge is 0.141 e. The van der Waals surface area contributed by atoms with E-state index in [1.165, 1.54) is 12.3 Å². The Labute approximate surface area is 104 Å². The van der Waals surface area contributed by atoms with Crippen LogP contribution < -0.4 is 5.73 Å². The Balaban J connectivity index is 2.61. The van der Waals surface area contributed by atoms with Crippen molar-refractivity contribution in [2.45, 2.75) is 19.4 Å². The first kappa shape index (κ1) is 12.4. The highest BCUT2D eigenvalue weighted by molar-refractivity contribution is 5.51. The predicted octanol–water partition coefficient (Wildman–Crippen LogP) is 1.76. The van der Waals surface area contributed by atoms with Crippen LogP contribution in [0.15, 0.2) is 30.7 Å². The van der Waals surface area contributed by atoms with Gasteiger partial charge in [0.2, 0.25) is 0 Å². The van der Waals surface area contributed by atoms with Crippen LogP contribution in [0.3, 0.4) is 0 Å². The number of hydrogen-bond donors (Lipinski definition) is 2. The van der Waals surface area contributed by atoms with E-state index in [2.05, 4.69) is 9.97 Å². The number of aliphatic hydroxyl groups is 1. The second kappa shape index (κ2) is 4.34. The highest BCUT2D eigenvalue weighted by atomic mass is 19.1. The van der Waals surface area contributed by atoms with E-state index in [0.29, 0.717) is 11.1 Å². The third-order valence-corrected chi connectivity index (χ3v) is 2.94. The first-order valence-electron chi connectivity index (χ1n) is 5.48. The number of aromatic nitrogens is 2. The van der Waals surface area contributed by atoms with Crippen molar-refractivity contribution in [3.05, 3.63) is 53.2 Å². The minimum absolute atomic E-state index is 0.226. The van der Waals surface area contributed by atoms with Gasteiger partial charge in [-0.25, -0.2) is 9.37 Å². The van der Waals surface area contributed by atoms with Crippen LogP contribution >= 0.6 is 0 Å². The summed E-state index contributed by atoms with van der Waals surface area (Å²) in [4.78, 5) is 7.70. The molecule has 0 amide bonds. The molecule has 2 aromatic heterocycles. The van der Waals surface area contributed by atoms with E-state index >= 15 is 0 Å². The molecule has 18 heavy (non-hydrogen) atoms. The molecular weight excluding hydrogens is 233 g/mol. The lowest BCUT2D eigenvalue weighted by Gasteiger charge is -2.26. The van der Waals surface area contributed by atoms with E-state index in [4.69, 9.17) is 5.73 Å². The van der Waals surface area contributed by atoms with Gasteiger partial charge in [-0.05, 0) is 31.5 Å². The van der Waals surface area contributed by atoms with Gasteiger partial charge in [0, 0.05) is 23.5 Å². The van der Waals surface area contributed by atoms with Crippen LogP contribution in [0, 0.1) is 12.7 Å². The molecule has 2 heterocycles. The minimum Gasteiger partial charge on any atom is -0.383 e. The van der Waals surface area contributed by atoms with Crippen LogP contribution in [0.5, 0.6) is 0 Å². The van der Waals surface area contributed by atoms with E-state index in [9.17, 15) is 9.50 Å². The van der Waals surface area contributed by atoms with Crippen LogP contribution in [-0.4, -0.2) is 15.1 Å². The third kappa shape index (κ3) is 2.04. The van der Waals surface area contributed by atoms with E-state index in [1.807, 2.05) is 6.92 Å². The molecule has 0 spiro atoms. The minimum atomic E-state index is -1.43. The molecule has 3 N–H and O–H groups in total. The maximum absolute atomic E-state index is 13.2. The van der Waals surface area contributed by atoms with Crippen molar-refractivity contribution in [2.24, 2.45) is 0 Å². The summed E-state index contributed by atoms with van der Waals surface area (Å²) < 4.78 is 13.2. The highest BCUT2D eigenvalue weighted by Crippen LogP contribution is 2.33. The lowest BCUT2D eigenvalue weighted by atomic mass is 9.87. The first-order chi connectivity index (χ1) is 8.43. The van der Waals surface area contributed by atoms with Gasteiger partial charge in [-0.1, -0.05) is 0 Å². The standard InChI is InChI=1S/C13H14FN3O/c1-8-3-4-17-12(15)11(8)13(2,18)9-5-10(14)7-16-6-9/h3-7,18H,1-2H3,(H2,15,17). The van der Waals surface area contributed by atoms with Gasteiger partial charge < -0.3 is 10.8 Å². The molecule has 0 saturated carbocycles. The van der Waals surface area contributed by atoms with Crippen LogP contribution in [0.25, 0.3) is 0 Å². The zero-order valence-electron chi connectivity index (χ0n) is 10.2. The molecule has 0 bridgehead atoms. The van der Waals surface area contributed by atoms with Gasteiger partial charge in [0.15, 0.2) is 0 Å². The van der Waals surface area contributed by atoms with Gasteiger partial charge in [-0.2, -0.15) is 0 Å². The number of anilines is 1. The summed E-state index contributed by atoms with van der Waals surface area (Å²) in [6.07, 6.45) is 4.06.